The minimum Gasteiger partial charge on any atom is -0.492 e. The summed E-state index contributed by atoms with van der Waals surface area (Å²) in [5.41, 5.74) is 1.76. The molecule has 0 spiro atoms. The Labute approximate surface area is 167 Å². The summed E-state index contributed by atoms with van der Waals surface area (Å²) in [6.07, 6.45) is 0. The van der Waals surface area contributed by atoms with Crippen molar-refractivity contribution < 1.29 is 4.74 Å². The first-order valence-electron chi connectivity index (χ1n) is 9.63. The number of nitriles is 1. The summed E-state index contributed by atoms with van der Waals surface area (Å²) in [4.78, 5) is 9.12. The van der Waals surface area contributed by atoms with Crippen LogP contribution in [0.2, 0.25) is 0 Å². The third kappa shape index (κ3) is 5.73. The van der Waals surface area contributed by atoms with E-state index >= 15 is 0 Å². The topological polar surface area (TPSA) is 63.9 Å². The largest absolute Gasteiger partial charge is 0.492 e. The highest BCUT2D eigenvalue weighted by molar-refractivity contribution is 5.80. The lowest BCUT2D eigenvalue weighted by molar-refractivity contribution is 0.152. The van der Waals surface area contributed by atoms with E-state index in [0.717, 1.165) is 50.0 Å². The van der Waals surface area contributed by atoms with E-state index in [4.69, 9.17) is 10.00 Å². The average Bonchev–Trinajstić information content (AvgIpc) is 2.76. The van der Waals surface area contributed by atoms with Gasteiger partial charge >= 0.3 is 0 Å². The van der Waals surface area contributed by atoms with E-state index in [9.17, 15) is 0 Å². The van der Waals surface area contributed by atoms with Crippen LogP contribution in [0, 0.1) is 11.3 Å². The Morgan fingerprint density at radius 2 is 1.89 bits per heavy atom. The molecule has 1 saturated heterocycles. The molecule has 146 valence electrons. The lowest BCUT2D eigenvalue weighted by Crippen LogP contribution is -2.52. The maximum atomic E-state index is 9.02. The summed E-state index contributed by atoms with van der Waals surface area (Å²) in [5.74, 6) is 1.83. The Bertz CT molecular complexity index is 807. The summed E-state index contributed by atoms with van der Waals surface area (Å²) in [5, 5.41) is 12.4. The van der Waals surface area contributed by atoms with Gasteiger partial charge in [0, 0.05) is 46.3 Å². The number of rotatable bonds is 6. The average molecular weight is 377 g/mol. The van der Waals surface area contributed by atoms with Gasteiger partial charge < -0.3 is 15.0 Å². The van der Waals surface area contributed by atoms with Gasteiger partial charge in [-0.1, -0.05) is 30.3 Å². The van der Waals surface area contributed by atoms with Crippen LogP contribution in [-0.4, -0.2) is 62.1 Å². The fraction of sp³-hybridized carbons (Fsp3) is 0.364. The van der Waals surface area contributed by atoms with Gasteiger partial charge in [0.2, 0.25) is 0 Å². The second-order valence-electron chi connectivity index (χ2n) is 6.70. The van der Waals surface area contributed by atoms with E-state index in [1.54, 1.807) is 0 Å². The van der Waals surface area contributed by atoms with Crippen molar-refractivity contribution in [3.05, 3.63) is 65.7 Å². The van der Waals surface area contributed by atoms with Gasteiger partial charge in [-0.25, -0.2) is 0 Å². The number of benzene rings is 2. The molecular weight excluding hydrogens is 350 g/mol. The Balaban J connectivity index is 1.40. The molecule has 0 aromatic heterocycles. The molecule has 3 rings (SSSR count). The third-order valence-electron chi connectivity index (χ3n) is 4.81. The van der Waals surface area contributed by atoms with Crippen molar-refractivity contribution in [3.63, 3.8) is 0 Å². The fourth-order valence-electron chi connectivity index (χ4n) is 3.26. The maximum Gasteiger partial charge on any atom is 0.194 e. The smallest absolute Gasteiger partial charge is 0.194 e. The van der Waals surface area contributed by atoms with Crippen molar-refractivity contribution in [2.45, 2.75) is 6.54 Å². The summed E-state index contributed by atoms with van der Waals surface area (Å²) < 4.78 is 5.80. The van der Waals surface area contributed by atoms with Crippen molar-refractivity contribution in [3.8, 4) is 11.8 Å². The SMILES string of the molecule is CN=C(NCc1cccc(C#N)c1)N1CCN(CCOc2ccccc2)CC1. The molecule has 1 fully saturated rings. The molecule has 2 aromatic rings. The summed E-state index contributed by atoms with van der Waals surface area (Å²) in [6.45, 7) is 6.13. The van der Waals surface area contributed by atoms with Gasteiger partial charge in [-0.3, -0.25) is 9.89 Å². The zero-order chi connectivity index (χ0) is 19.6. The zero-order valence-electron chi connectivity index (χ0n) is 16.3. The van der Waals surface area contributed by atoms with Crippen LogP contribution < -0.4 is 10.1 Å². The van der Waals surface area contributed by atoms with E-state index in [2.05, 4.69) is 26.2 Å². The van der Waals surface area contributed by atoms with Crippen LogP contribution in [0.15, 0.2) is 59.6 Å². The first kappa shape index (κ1) is 19.7. The van der Waals surface area contributed by atoms with Crippen LogP contribution in [0.25, 0.3) is 0 Å². The molecule has 1 heterocycles. The van der Waals surface area contributed by atoms with Gasteiger partial charge in [0.05, 0.1) is 11.6 Å². The minimum absolute atomic E-state index is 0.660. The highest BCUT2D eigenvalue weighted by Gasteiger charge is 2.19. The lowest BCUT2D eigenvalue weighted by Gasteiger charge is -2.36. The number of ether oxygens (including phenoxy) is 1. The Morgan fingerprint density at radius 3 is 2.61 bits per heavy atom. The predicted molar refractivity (Wildman–Crippen MR) is 111 cm³/mol. The van der Waals surface area contributed by atoms with Gasteiger partial charge in [-0.2, -0.15) is 5.26 Å². The van der Waals surface area contributed by atoms with Crippen molar-refractivity contribution in [2.75, 3.05) is 46.4 Å². The predicted octanol–water partition coefficient (Wildman–Crippen LogP) is 2.33. The minimum atomic E-state index is 0.660. The van der Waals surface area contributed by atoms with Gasteiger partial charge in [0.1, 0.15) is 12.4 Å². The van der Waals surface area contributed by atoms with Crippen LogP contribution >= 0.6 is 0 Å². The molecule has 0 saturated carbocycles. The second kappa shape index (κ2) is 10.3. The number of hydrogen-bond donors (Lipinski definition) is 1. The molecule has 6 heteroatoms. The normalized spacial score (nSPS) is 15.1. The van der Waals surface area contributed by atoms with E-state index in [1.807, 2.05) is 61.6 Å². The molecule has 6 nitrogen and oxygen atoms in total. The van der Waals surface area contributed by atoms with E-state index in [1.165, 1.54) is 0 Å². The number of aliphatic imine (C=N–C) groups is 1. The van der Waals surface area contributed by atoms with Gasteiger partial charge in [-0.05, 0) is 29.8 Å². The third-order valence-corrected chi connectivity index (χ3v) is 4.81. The van der Waals surface area contributed by atoms with Crippen LogP contribution in [0.4, 0.5) is 0 Å². The molecule has 2 aromatic carbocycles. The van der Waals surface area contributed by atoms with Crippen molar-refractivity contribution in [1.29, 1.82) is 5.26 Å². The number of hydrogen-bond acceptors (Lipinski definition) is 4. The molecule has 0 radical (unpaired) electrons. The molecule has 1 N–H and O–H groups in total. The van der Waals surface area contributed by atoms with Gasteiger partial charge in [0.15, 0.2) is 5.96 Å². The quantitative estimate of drug-likeness (QED) is 0.618. The van der Waals surface area contributed by atoms with Gasteiger partial charge in [0.25, 0.3) is 0 Å². The molecule has 1 aliphatic heterocycles. The maximum absolute atomic E-state index is 9.02. The number of para-hydroxylation sites is 1. The van der Waals surface area contributed by atoms with E-state index < -0.39 is 0 Å². The van der Waals surface area contributed by atoms with Crippen LogP contribution in [-0.2, 0) is 6.54 Å². The van der Waals surface area contributed by atoms with E-state index in [0.29, 0.717) is 18.7 Å². The molecule has 1 aliphatic rings. The summed E-state index contributed by atoms with van der Waals surface area (Å²) in [6, 6.07) is 19.8. The van der Waals surface area contributed by atoms with Crippen molar-refractivity contribution in [2.24, 2.45) is 4.99 Å². The molecule has 0 bridgehead atoms. The van der Waals surface area contributed by atoms with Gasteiger partial charge in [-0.15, -0.1) is 0 Å². The van der Waals surface area contributed by atoms with Crippen LogP contribution in [0.3, 0.4) is 0 Å². The van der Waals surface area contributed by atoms with E-state index in [-0.39, 0.29) is 0 Å². The first-order valence-corrected chi connectivity index (χ1v) is 9.63. The molecule has 0 amide bonds. The Hall–Kier alpha value is -3.04. The fourth-order valence-corrected chi connectivity index (χ4v) is 3.26. The Morgan fingerprint density at radius 1 is 1.11 bits per heavy atom. The molecular formula is C22H27N5O. The Kier molecular flexibility index (Phi) is 7.28. The lowest BCUT2D eigenvalue weighted by atomic mass is 10.1. The monoisotopic (exact) mass is 377 g/mol. The van der Waals surface area contributed by atoms with Crippen molar-refractivity contribution in [1.82, 2.24) is 15.1 Å². The second-order valence-corrected chi connectivity index (χ2v) is 6.70. The molecule has 0 unspecified atom stereocenters. The number of guanidine groups is 1. The number of nitrogens with one attached hydrogen (secondary N) is 1. The molecule has 0 aliphatic carbocycles. The molecule has 0 atom stereocenters. The number of piperazine rings is 1. The highest BCUT2D eigenvalue weighted by Crippen LogP contribution is 2.09. The zero-order valence-corrected chi connectivity index (χ0v) is 16.3. The first-order chi connectivity index (χ1) is 13.8. The van der Waals surface area contributed by atoms with Crippen LogP contribution in [0.5, 0.6) is 5.75 Å². The van der Waals surface area contributed by atoms with Crippen molar-refractivity contribution >= 4 is 5.96 Å². The summed E-state index contributed by atoms with van der Waals surface area (Å²) >= 11 is 0. The highest BCUT2D eigenvalue weighted by atomic mass is 16.5. The van der Waals surface area contributed by atoms with Crippen LogP contribution in [0.1, 0.15) is 11.1 Å². The standard InChI is InChI=1S/C22H27N5O/c1-24-22(25-18-20-7-5-6-19(16-20)17-23)27-12-10-26(11-13-27)14-15-28-21-8-3-2-4-9-21/h2-9,16H,10-15,18H2,1H3,(H,24,25). The number of nitrogens with zero attached hydrogens (tertiary/aromatic N) is 4. The molecule has 28 heavy (non-hydrogen) atoms. The summed E-state index contributed by atoms with van der Waals surface area (Å²) in [7, 11) is 1.81.